The number of rotatable bonds is 1. The molecule has 124 valence electrons. The molecule has 0 unspecified atom stereocenters. The Labute approximate surface area is 139 Å². The van der Waals surface area contributed by atoms with Crippen LogP contribution < -0.4 is 5.56 Å². The van der Waals surface area contributed by atoms with Crippen molar-refractivity contribution < 1.29 is 13.2 Å². The molecule has 0 atom stereocenters. The number of aromatic amines is 1. The summed E-state index contributed by atoms with van der Waals surface area (Å²) < 4.78 is 38.3. The fourth-order valence-corrected chi connectivity index (χ4v) is 2.98. The van der Waals surface area contributed by atoms with Crippen molar-refractivity contribution in [1.82, 2.24) is 9.97 Å². The highest BCUT2D eigenvalue weighted by molar-refractivity contribution is 6.11. The zero-order valence-corrected chi connectivity index (χ0v) is 12.8. The molecule has 0 radical (unpaired) electrons. The highest BCUT2D eigenvalue weighted by Gasteiger charge is 2.30. The number of pyridine rings is 2. The molecule has 25 heavy (non-hydrogen) atoms. The van der Waals surface area contributed by atoms with Gasteiger partial charge in [-0.2, -0.15) is 13.2 Å². The van der Waals surface area contributed by atoms with Crippen LogP contribution in [0.4, 0.5) is 13.2 Å². The van der Waals surface area contributed by atoms with Gasteiger partial charge in [0, 0.05) is 17.0 Å². The van der Waals surface area contributed by atoms with Gasteiger partial charge in [-0.05, 0) is 40.8 Å². The van der Waals surface area contributed by atoms with Gasteiger partial charge in [-0.15, -0.1) is 0 Å². The van der Waals surface area contributed by atoms with Gasteiger partial charge in [-0.1, -0.05) is 30.3 Å². The Morgan fingerprint density at radius 3 is 2.24 bits per heavy atom. The first-order valence-electron chi connectivity index (χ1n) is 7.52. The molecule has 0 saturated heterocycles. The van der Waals surface area contributed by atoms with E-state index in [1.807, 2.05) is 12.1 Å². The molecule has 4 rings (SSSR count). The Morgan fingerprint density at radius 2 is 1.56 bits per heavy atom. The normalized spacial score (nSPS) is 12.0. The lowest BCUT2D eigenvalue weighted by molar-refractivity contribution is -0.137. The number of nitrogens with zero attached hydrogens (tertiary/aromatic N) is 1. The summed E-state index contributed by atoms with van der Waals surface area (Å²) in [4.78, 5) is 19.1. The Bertz CT molecular complexity index is 1150. The van der Waals surface area contributed by atoms with Crippen LogP contribution in [-0.4, -0.2) is 9.97 Å². The zero-order chi connectivity index (χ0) is 17.6. The molecular weight excluding hydrogens is 329 g/mol. The average Bonchev–Trinajstić information content (AvgIpc) is 2.61. The average molecular weight is 340 g/mol. The Hall–Kier alpha value is -3.15. The van der Waals surface area contributed by atoms with Crippen LogP contribution in [0, 0.1) is 0 Å². The number of hydrogen-bond donors (Lipinski definition) is 1. The van der Waals surface area contributed by atoms with Gasteiger partial charge in [-0.25, -0.2) is 4.98 Å². The Kier molecular flexibility index (Phi) is 3.35. The minimum absolute atomic E-state index is 0.250. The van der Waals surface area contributed by atoms with Gasteiger partial charge in [0.25, 0.3) is 5.56 Å². The van der Waals surface area contributed by atoms with Crippen LogP contribution in [0.15, 0.2) is 65.6 Å². The van der Waals surface area contributed by atoms with Crippen molar-refractivity contribution >= 4 is 21.8 Å². The van der Waals surface area contributed by atoms with Crippen molar-refractivity contribution in [3.63, 3.8) is 0 Å². The molecule has 0 amide bonds. The number of alkyl halides is 3. The monoisotopic (exact) mass is 340 g/mol. The summed E-state index contributed by atoms with van der Waals surface area (Å²) >= 11 is 0. The maximum Gasteiger partial charge on any atom is 0.416 e. The molecule has 2 aromatic heterocycles. The highest BCUT2D eigenvalue weighted by Crippen LogP contribution is 2.34. The van der Waals surface area contributed by atoms with E-state index in [1.165, 1.54) is 18.3 Å². The Balaban J connectivity index is 2.03. The van der Waals surface area contributed by atoms with E-state index in [2.05, 4.69) is 9.97 Å². The molecule has 0 saturated carbocycles. The van der Waals surface area contributed by atoms with E-state index in [0.29, 0.717) is 32.9 Å². The SMILES string of the molecule is O=c1[nH]c2nccc(-c3ccc(C(F)(F)F)cc3)c2c2ccccc12. The molecule has 0 spiro atoms. The fraction of sp³-hybridized carbons (Fsp3) is 0.0526. The van der Waals surface area contributed by atoms with Crippen molar-refractivity contribution in [2.45, 2.75) is 6.18 Å². The van der Waals surface area contributed by atoms with Crippen molar-refractivity contribution in [1.29, 1.82) is 0 Å². The predicted molar refractivity (Wildman–Crippen MR) is 90.3 cm³/mol. The summed E-state index contributed by atoms with van der Waals surface area (Å²) in [6.07, 6.45) is -2.85. The van der Waals surface area contributed by atoms with Crippen LogP contribution in [0.5, 0.6) is 0 Å². The molecule has 1 N–H and O–H groups in total. The summed E-state index contributed by atoms with van der Waals surface area (Å²) in [6, 6.07) is 13.8. The van der Waals surface area contributed by atoms with E-state index in [-0.39, 0.29) is 5.56 Å². The van der Waals surface area contributed by atoms with E-state index in [4.69, 9.17) is 0 Å². The number of halogens is 3. The highest BCUT2D eigenvalue weighted by atomic mass is 19.4. The predicted octanol–water partition coefficient (Wildman–Crippen LogP) is 4.76. The number of benzene rings is 2. The molecule has 0 bridgehead atoms. The third-order valence-corrected chi connectivity index (χ3v) is 4.15. The van der Waals surface area contributed by atoms with Crippen molar-refractivity contribution in [2.75, 3.05) is 0 Å². The minimum atomic E-state index is -4.38. The number of aromatic nitrogens is 2. The van der Waals surface area contributed by atoms with Crippen LogP contribution in [0.3, 0.4) is 0 Å². The Morgan fingerprint density at radius 1 is 0.880 bits per heavy atom. The molecule has 0 aliphatic carbocycles. The number of H-pyrrole nitrogens is 1. The molecule has 0 aliphatic rings. The zero-order valence-electron chi connectivity index (χ0n) is 12.8. The van der Waals surface area contributed by atoms with E-state index in [0.717, 1.165) is 12.1 Å². The maximum absolute atomic E-state index is 12.8. The quantitative estimate of drug-likeness (QED) is 0.508. The van der Waals surface area contributed by atoms with Gasteiger partial charge < -0.3 is 4.98 Å². The van der Waals surface area contributed by atoms with Crippen molar-refractivity contribution in [2.24, 2.45) is 0 Å². The van der Waals surface area contributed by atoms with E-state index in [1.54, 1.807) is 18.2 Å². The van der Waals surface area contributed by atoms with Gasteiger partial charge in [-0.3, -0.25) is 4.79 Å². The number of nitrogens with one attached hydrogen (secondary N) is 1. The third kappa shape index (κ3) is 2.55. The second-order valence-electron chi connectivity index (χ2n) is 5.66. The van der Waals surface area contributed by atoms with E-state index >= 15 is 0 Å². The topological polar surface area (TPSA) is 45.8 Å². The fourth-order valence-electron chi connectivity index (χ4n) is 2.98. The minimum Gasteiger partial charge on any atom is -0.306 e. The molecule has 3 nitrogen and oxygen atoms in total. The van der Waals surface area contributed by atoms with Gasteiger partial charge in [0.15, 0.2) is 0 Å². The summed E-state index contributed by atoms with van der Waals surface area (Å²) in [5, 5.41) is 1.93. The smallest absolute Gasteiger partial charge is 0.306 e. The summed E-state index contributed by atoms with van der Waals surface area (Å²) in [5.41, 5.74) is 0.790. The van der Waals surface area contributed by atoms with E-state index in [9.17, 15) is 18.0 Å². The molecule has 4 aromatic rings. The molecule has 2 heterocycles. The standard InChI is InChI=1S/C19H11F3N2O/c20-19(21,22)12-7-5-11(6-8-12)13-9-10-23-17-16(13)14-3-1-2-4-15(14)18(25)24-17/h1-10H,(H,23,24,25). The molecule has 2 aromatic carbocycles. The largest absolute Gasteiger partial charge is 0.416 e. The molecule has 0 aliphatic heterocycles. The van der Waals surface area contributed by atoms with Gasteiger partial charge in [0.05, 0.1) is 5.56 Å². The van der Waals surface area contributed by atoms with Crippen molar-refractivity contribution in [3.05, 3.63) is 76.7 Å². The molecular formula is C19H11F3N2O. The summed E-state index contributed by atoms with van der Waals surface area (Å²) in [6.45, 7) is 0. The van der Waals surface area contributed by atoms with Crippen LogP contribution in [0.25, 0.3) is 32.9 Å². The maximum atomic E-state index is 12.8. The molecule has 6 heteroatoms. The summed E-state index contributed by atoms with van der Waals surface area (Å²) in [7, 11) is 0. The number of hydrogen-bond acceptors (Lipinski definition) is 2. The van der Waals surface area contributed by atoms with E-state index < -0.39 is 11.7 Å². The van der Waals surface area contributed by atoms with Crippen LogP contribution in [0.1, 0.15) is 5.56 Å². The lowest BCUT2D eigenvalue weighted by Crippen LogP contribution is -2.07. The lowest BCUT2D eigenvalue weighted by Gasteiger charge is -2.11. The first-order valence-corrected chi connectivity index (χ1v) is 7.52. The number of fused-ring (bicyclic) bond motifs is 3. The van der Waals surface area contributed by atoms with Crippen LogP contribution >= 0.6 is 0 Å². The van der Waals surface area contributed by atoms with Crippen LogP contribution in [0.2, 0.25) is 0 Å². The lowest BCUT2D eigenvalue weighted by atomic mass is 9.98. The summed E-state index contributed by atoms with van der Waals surface area (Å²) in [5.74, 6) is 0. The second-order valence-corrected chi connectivity index (χ2v) is 5.66. The van der Waals surface area contributed by atoms with Gasteiger partial charge in [0.1, 0.15) is 5.65 Å². The molecule has 0 fully saturated rings. The second kappa shape index (κ2) is 5.44. The first-order chi connectivity index (χ1) is 11.9. The van der Waals surface area contributed by atoms with Crippen LogP contribution in [-0.2, 0) is 6.18 Å². The van der Waals surface area contributed by atoms with Gasteiger partial charge in [0.2, 0.25) is 0 Å². The first kappa shape index (κ1) is 15.4. The third-order valence-electron chi connectivity index (χ3n) is 4.15. The van der Waals surface area contributed by atoms with Crippen molar-refractivity contribution in [3.8, 4) is 11.1 Å². The van der Waals surface area contributed by atoms with Gasteiger partial charge >= 0.3 is 6.18 Å².